The molecule has 1 saturated heterocycles. The topological polar surface area (TPSA) is 64.8 Å². The first-order valence-electron chi connectivity index (χ1n) is 9.52. The van der Waals surface area contributed by atoms with Gasteiger partial charge in [-0.05, 0) is 31.9 Å². The molecule has 1 heterocycles. The average molecular weight is 380 g/mol. The van der Waals surface area contributed by atoms with E-state index in [2.05, 4.69) is 29.2 Å². The smallest absolute Gasteiger partial charge is 0.336 e. The van der Waals surface area contributed by atoms with E-state index >= 15 is 0 Å². The van der Waals surface area contributed by atoms with Crippen molar-refractivity contribution in [3.63, 3.8) is 0 Å². The molecule has 0 atom stereocenters. The van der Waals surface area contributed by atoms with Crippen LogP contribution in [0.25, 0.3) is 0 Å². The van der Waals surface area contributed by atoms with Crippen LogP contribution in [0.1, 0.15) is 37.9 Å². The Morgan fingerprint density at radius 1 is 1.04 bits per heavy atom. The van der Waals surface area contributed by atoms with E-state index in [0.717, 1.165) is 0 Å². The van der Waals surface area contributed by atoms with Crippen LogP contribution in [0.3, 0.4) is 0 Å². The lowest BCUT2D eigenvalue weighted by molar-refractivity contribution is -0.153. The fourth-order valence-electron chi connectivity index (χ4n) is 3.34. The molecule has 5 heteroatoms. The van der Waals surface area contributed by atoms with Crippen LogP contribution in [0.15, 0.2) is 72.6 Å². The lowest BCUT2D eigenvalue weighted by Crippen LogP contribution is -2.54. The van der Waals surface area contributed by atoms with Crippen molar-refractivity contribution >= 4 is 5.97 Å². The quantitative estimate of drug-likeness (QED) is 0.471. The highest BCUT2D eigenvalue weighted by Gasteiger charge is 2.36. The number of nitrogens with two attached hydrogens (primary N) is 1. The molecular weight excluding hydrogens is 352 g/mol. The predicted molar refractivity (Wildman–Crippen MR) is 109 cm³/mol. The summed E-state index contributed by atoms with van der Waals surface area (Å²) in [5, 5.41) is 0. The van der Waals surface area contributed by atoms with E-state index in [-0.39, 0.29) is 18.0 Å². The summed E-state index contributed by atoms with van der Waals surface area (Å²) in [6, 6.07) is 20.9. The molecule has 0 aliphatic carbocycles. The molecule has 2 aromatic carbocycles. The van der Waals surface area contributed by atoms with Gasteiger partial charge in [0.2, 0.25) is 0 Å². The second-order valence-electron chi connectivity index (χ2n) is 8.00. The summed E-state index contributed by atoms with van der Waals surface area (Å²) in [5.41, 5.74) is 7.75. The maximum atomic E-state index is 12.1. The number of likely N-dealkylation sites (tertiary alicyclic amines) is 1. The number of ether oxygens (including phenoxy) is 2. The summed E-state index contributed by atoms with van der Waals surface area (Å²) in [6.45, 7) is 6.96. The fourth-order valence-corrected chi connectivity index (χ4v) is 3.34. The van der Waals surface area contributed by atoms with Crippen molar-refractivity contribution < 1.29 is 14.3 Å². The van der Waals surface area contributed by atoms with Gasteiger partial charge in [0.1, 0.15) is 11.7 Å². The highest BCUT2D eigenvalue weighted by molar-refractivity contribution is 5.82. The van der Waals surface area contributed by atoms with Crippen molar-refractivity contribution in [1.82, 2.24) is 4.90 Å². The van der Waals surface area contributed by atoms with Crippen molar-refractivity contribution in [2.24, 2.45) is 5.73 Å². The third-order valence-electron chi connectivity index (χ3n) is 4.44. The van der Waals surface area contributed by atoms with Gasteiger partial charge in [-0.25, -0.2) is 4.79 Å². The third kappa shape index (κ3) is 5.36. The number of carbonyl (C=O) groups excluding carboxylic acids is 1. The van der Waals surface area contributed by atoms with Gasteiger partial charge in [-0.15, -0.1) is 0 Å². The monoisotopic (exact) mass is 380 g/mol. The van der Waals surface area contributed by atoms with Crippen molar-refractivity contribution in [3.05, 3.63) is 83.7 Å². The number of benzene rings is 2. The zero-order valence-corrected chi connectivity index (χ0v) is 16.7. The number of rotatable bonds is 6. The van der Waals surface area contributed by atoms with Crippen LogP contribution in [0.4, 0.5) is 0 Å². The van der Waals surface area contributed by atoms with Gasteiger partial charge in [-0.2, -0.15) is 0 Å². The number of nitrogens with zero attached hydrogens (tertiary/aromatic N) is 1. The van der Waals surface area contributed by atoms with Crippen molar-refractivity contribution in [3.8, 4) is 0 Å². The van der Waals surface area contributed by atoms with E-state index in [1.165, 1.54) is 17.2 Å². The van der Waals surface area contributed by atoms with Gasteiger partial charge in [0.25, 0.3) is 0 Å². The molecule has 2 aromatic rings. The standard InChI is InChI=1S/C23H28N2O3/c1-23(2,3)28-20(24)14-21(26)27-19-15-25(16-19)22(17-10-6-4-7-11-17)18-12-8-5-9-13-18/h4-14,19,22H,15-16,24H2,1-3H3. The zero-order valence-electron chi connectivity index (χ0n) is 16.7. The molecule has 2 N–H and O–H groups in total. The van der Waals surface area contributed by atoms with E-state index in [9.17, 15) is 4.79 Å². The molecule has 0 aromatic heterocycles. The SMILES string of the molecule is CC(C)(C)OC(N)=CC(=O)OC1CN(C(c2ccccc2)c2ccccc2)C1. The van der Waals surface area contributed by atoms with E-state index in [4.69, 9.17) is 15.2 Å². The summed E-state index contributed by atoms with van der Waals surface area (Å²) < 4.78 is 11.0. The number of carbonyl (C=O) groups is 1. The molecule has 148 valence electrons. The Hall–Kier alpha value is -2.79. The van der Waals surface area contributed by atoms with Crippen molar-refractivity contribution in [2.75, 3.05) is 13.1 Å². The van der Waals surface area contributed by atoms with E-state index < -0.39 is 11.6 Å². The average Bonchev–Trinajstić information content (AvgIpc) is 2.60. The van der Waals surface area contributed by atoms with Crippen molar-refractivity contribution in [1.29, 1.82) is 0 Å². The maximum Gasteiger partial charge on any atom is 0.336 e. The van der Waals surface area contributed by atoms with E-state index in [1.54, 1.807) is 0 Å². The van der Waals surface area contributed by atoms with Crippen molar-refractivity contribution in [2.45, 2.75) is 38.5 Å². The molecule has 0 radical (unpaired) electrons. The van der Waals surface area contributed by atoms with Gasteiger partial charge >= 0.3 is 5.97 Å². The molecule has 5 nitrogen and oxygen atoms in total. The summed E-state index contributed by atoms with van der Waals surface area (Å²) in [4.78, 5) is 14.4. The van der Waals surface area contributed by atoms with E-state index in [0.29, 0.717) is 13.1 Å². The lowest BCUT2D eigenvalue weighted by Gasteiger charge is -2.43. The molecule has 0 amide bonds. The van der Waals surface area contributed by atoms with Crippen LogP contribution in [-0.4, -0.2) is 35.7 Å². The van der Waals surface area contributed by atoms with E-state index in [1.807, 2.05) is 57.2 Å². The fraction of sp³-hybridized carbons (Fsp3) is 0.348. The van der Waals surface area contributed by atoms with Crippen LogP contribution >= 0.6 is 0 Å². The molecule has 3 rings (SSSR count). The Labute approximate surface area is 166 Å². The van der Waals surface area contributed by atoms with Crippen LogP contribution in [0.5, 0.6) is 0 Å². The van der Waals surface area contributed by atoms with Crippen LogP contribution in [0.2, 0.25) is 0 Å². The van der Waals surface area contributed by atoms with Gasteiger partial charge in [0.05, 0.1) is 12.1 Å². The Balaban J connectivity index is 1.62. The van der Waals surface area contributed by atoms with Crippen LogP contribution < -0.4 is 5.73 Å². The Kier molecular flexibility index (Phi) is 6.05. The molecule has 0 spiro atoms. The molecule has 0 unspecified atom stereocenters. The second-order valence-corrected chi connectivity index (χ2v) is 8.00. The van der Waals surface area contributed by atoms with Gasteiger partial charge in [-0.1, -0.05) is 60.7 Å². The third-order valence-corrected chi connectivity index (χ3v) is 4.44. The Morgan fingerprint density at radius 3 is 2.00 bits per heavy atom. The minimum absolute atomic E-state index is 0.0696. The summed E-state index contributed by atoms with van der Waals surface area (Å²) in [7, 11) is 0. The molecule has 0 bridgehead atoms. The van der Waals surface area contributed by atoms with Crippen LogP contribution in [0, 0.1) is 0 Å². The number of hydrogen-bond acceptors (Lipinski definition) is 5. The van der Waals surface area contributed by atoms with Gasteiger partial charge < -0.3 is 15.2 Å². The zero-order chi connectivity index (χ0) is 20.1. The number of esters is 1. The molecule has 0 saturated carbocycles. The Morgan fingerprint density at radius 2 is 1.54 bits per heavy atom. The summed E-state index contributed by atoms with van der Waals surface area (Å²) in [6.07, 6.45) is 1.06. The first-order chi connectivity index (χ1) is 13.3. The van der Waals surface area contributed by atoms with Gasteiger partial charge in [-0.3, -0.25) is 4.90 Å². The molecule has 1 fully saturated rings. The molecule has 1 aliphatic heterocycles. The van der Waals surface area contributed by atoms with Crippen LogP contribution in [-0.2, 0) is 14.3 Å². The molecular formula is C23H28N2O3. The maximum absolute atomic E-state index is 12.1. The van der Waals surface area contributed by atoms with Gasteiger partial charge in [0.15, 0.2) is 5.88 Å². The number of hydrogen-bond donors (Lipinski definition) is 1. The Bertz CT molecular complexity index is 767. The summed E-state index contributed by atoms with van der Waals surface area (Å²) >= 11 is 0. The first-order valence-corrected chi connectivity index (χ1v) is 9.52. The summed E-state index contributed by atoms with van der Waals surface area (Å²) in [5.74, 6) is -0.400. The minimum Gasteiger partial charge on any atom is -0.473 e. The first kappa shape index (κ1) is 20.0. The molecule has 1 aliphatic rings. The largest absolute Gasteiger partial charge is 0.473 e. The highest BCUT2D eigenvalue weighted by atomic mass is 16.6. The second kappa shape index (κ2) is 8.48. The highest BCUT2D eigenvalue weighted by Crippen LogP contribution is 2.33. The lowest BCUT2D eigenvalue weighted by atomic mass is 9.94. The predicted octanol–water partition coefficient (Wildman–Crippen LogP) is 3.62. The van der Waals surface area contributed by atoms with Gasteiger partial charge in [0, 0.05) is 13.1 Å². The normalized spacial score (nSPS) is 15.9. The molecule has 28 heavy (non-hydrogen) atoms. The minimum atomic E-state index is -0.470.